The van der Waals surface area contributed by atoms with Crippen LogP contribution in [-0.4, -0.2) is 22.2 Å². The van der Waals surface area contributed by atoms with Crippen LogP contribution >= 0.6 is 23.1 Å². The van der Waals surface area contributed by atoms with Crippen molar-refractivity contribution in [2.24, 2.45) is 0 Å². The maximum absolute atomic E-state index is 12.5. The summed E-state index contributed by atoms with van der Waals surface area (Å²) in [4.78, 5) is 13.3. The van der Waals surface area contributed by atoms with Crippen LogP contribution in [0.1, 0.15) is 12.5 Å². The Morgan fingerprint density at radius 3 is 2.73 bits per heavy atom. The number of hydrogen-bond donors (Lipinski definition) is 1. The Morgan fingerprint density at radius 1 is 1.27 bits per heavy atom. The van der Waals surface area contributed by atoms with E-state index in [2.05, 4.69) is 15.5 Å². The van der Waals surface area contributed by atoms with E-state index in [1.807, 2.05) is 30.3 Å². The second-order valence-corrected chi connectivity index (χ2v) is 7.31. The number of carbonyl (C=O) groups is 1. The van der Waals surface area contributed by atoms with Crippen molar-refractivity contribution in [1.29, 1.82) is 5.26 Å². The van der Waals surface area contributed by atoms with Crippen LogP contribution in [0.15, 0.2) is 63.3 Å². The Morgan fingerprint density at radius 2 is 2.04 bits per heavy atom. The van der Waals surface area contributed by atoms with Crippen LogP contribution in [0.25, 0.3) is 0 Å². The maximum Gasteiger partial charge on any atom is 0.265 e. The quantitative estimate of drug-likeness (QED) is 0.694. The Kier molecular flexibility index (Phi) is 5.84. The third-order valence-corrected chi connectivity index (χ3v) is 5.20. The van der Waals surface area contributed by atoms with E-state index in [0.29, 0.717) is 17.0 Å². The van der Waals surface area contributed by atoms with Crippen molar-refractivity contribution in [3.63, 3.8) is 0 Å². The molecule has 0 spiro atoms. The minimum Gasteiger partial charge on any atom is -0.481 e. The van der Waals surface area contributed by atoms with Gasteiger partial charge in [0.25, 0.3) is 5.91 Å². The molecule has 6 nitrogen and oxygen atoms in total. The van der Waals surface area contributed by atoms with Gasteiger partial charge in [-0.25, -0.2) is 0 Å². The predicted molar refractivity (Wildman–Crippen MR) is 100 cm³/mol. The van der Waals surface area contributed by atoms with Gasteiger partial charge in [-0.15, -0.1) is 10.2 Å². The minimum absolute atomic E-state index is 0.264. The van der Waals surface area contributed by atoms with Gasteiger partial charge in [0.2, 0.25) is 0 Å². The molecule has 0 fully saturated rings. The number of benzene rings is 2. The fourth-order valence-electron chi connectivity index (χ4n) is 2.06. The summed E-state index contributed by atoms with van der Waals surface area (Å²) >= 11 is 2.88. The summed E-state index contributed by atoms with van der Waals surface area (Å²) in [7, 11) is 0. The molecule has 0 radical (unpaired) electrons. The van der Waals surface area contributed by atoms with E-state index < -0.39 is 6.10 Å². The monoisotopic (exact) mass is 382 g/mol. The summed E-state index contributed by atoms with van der Waals surface area (Å²) in [5, 5.41) is 19.5. The molecule has 0 aliphatic carbocycles. The molecular formula is C18H14N4O2S2. The first-order chi connectivity index (χ1) is 12.7. The van der Waals surface area contributed by atoms with E-state index in [1.165, 1.54) is 23.1 Å². The van der Waals surface area contributed by atoms with Gasteiger partial charge < -0.3 is 10.1 Å². The molecule has 8 heteroatoms. The van der Waals surface area contributed by atoms with E-state index in [9.17, 15) is 4.79 Å². The molecule has 130 valence electrons. The number of nitriles is 1. The second kappa shape index (κ2) is 8.47. The zero-order valence-corrected chi connectivity index (χ0v) is 15.4. The van der Waals surface area contributed by atoms with Gasteiger partial charge in [0, 0.05) is 4.90 Å². The largest absolute Gasteiger partial charge is 0.481 e. The van der Waals surface area contributed by atoms with Crippen LogP contribution in [0, 0.1) is 11.3 Å². The van der Waals surface area contributed by atoms with Gasteiger partial charge in [-0.05, 0) is 43.3 Å². The Bertz CT molecular complexity index is 921. The van der Waals surface area contributed by atoms with Crippen molar-refractivity contribution < 1.29 is 9.53 Å². The lowest BCUT2D eigenvalue weighted by atomic mass is 10.2. The van der Waals surface area contributed by atoms with Gasteiger partial charge >= 0.3 is 0 Å². The van der Waals surface area contributed by atoms with Crippen LogP contribution in [0.3, 0.4) is 0 Å². The zero-order valence-electron chi connectivity index (χ0n) is 13.7. The van der Waals surface area contributed by atoms with Crippen molar-refractivity contribution in [1.82, 2.24) is 10.2 Å². The number of nitrogens with one attached hydrogen (secondary N) is 1. The lowest BCUT2D eigenvalue weighted by molar-refractivity contribution is -0.122. The molecule has 2 aromatic carbocycles. The normalized spacial score (nSPS) is 11.4. The average molecular weight is 382 g/mol. The van der Waals surface area contributed by atoms with Crippen molar-refractivity contribution in [2.45, 2.75) is 22.3 Å². The third kappa shape index (κ3) is 4.59. The standard InChI is InChI=1S/C18H14N4O2S2/c1-12(24-14-8-6-13(10-19)7-9-14)17(23)21-15-4-2-3-5-16(15)26-18-22-20-11-25-18/h2-9,11-12H,1H3,(H,21,23). The Hall–Kier alpha value is -2.89. The molecule has 0 saturated heterocycles. The highest BCUT2D eigenvalue weighted by atomic mass is 32.2. The fourth-order valence-corrected chi connectivity index (χ4v) is 3.58. The molecule has 1 atom stereocenters. The van der Waals surface area contributed by atoms with Gasteiger partial charge in [0.15, 0.2) is 10.4 Å². The molecule has 3 aromatic rings. The first-order valence-corrected chi connectivity index (χ1v) is 9.36. The number of nitrogens with zero attached hydrogens (tertiary/aromatic N) is 3. The van der Waals surface area contributed by atoms with E-state index in [0.717, 1.165) is 9.24 Å². The molecule has 0 bridgehead atoms. The molecule has 1 amide bonds. The summed E-state index contributed by atoms with van der Waals surface area (Å²) in [5.74, 6) is 0.267. The van der Waals surface area contributed by atoms with Crippen LogP contribution in [-0.2, 0) is 4.79 Å². The SMILES string of the molecule is CC(Oc1ccc(C#N)cc1)C(=O)Nc1ccccc1Sc1nncs1. The number of amides is 1. The first kappa shape index (κ1) is 17.9. The van der Waals surface area contributed by atoms with Gasteiger partial charge in [-0.2, -0.15) is 5.26 Å². The molecule has 0 saturated carbocycles. The number of aromatic nitrogens is 2. The van der Waals surface area contributed by atoms with Gasteiger partial charge in [0.05, 0.1) is 17.3 Å². The number of carbonyl (C=O) groups excluding carboxylic acids is 1. The highest BCUT2D eigenvalue weighted by molar-refractivity contribution is 8.01. The molecule has 1 heterocycles. The van der Waals surface area contributed by atoms with Crippen molar-refractivity contribution in [3.05, 3.63) is 59.6 Å². The lowest BCUT2D eigenvalue weighted by Gasteiger charge is -2.16. The number of hydrogen-bond acceptors (Lipinski definition) is 7. The number of ether oxygens (including phenoxy) is 1. The second-order valence-electron chi connectivity index (χ2n) is 5.19. The smallest absolute Gasteiger partial charge is 0.265 e. The Labute approximate surface area is 158 Å². The van der Waals surface area contributed by atoms with Gasteiger partial charge in [0.1, 0.15) is 11.3 Å². The molecule has 3 rings (SSSR count). The topological polar surface area (TPSA) is 87.9 Å². The van der Waals surface area contributed by atoms with Crippen molar-refractivity contribution in [3.8, 4) is 11.8 Å². The van der Waals surface area contributed by atoms with Crippen molar-refractivity contribution >= 4 is 34.7 Å². The summed E-state index contributed by atoms with van der Waals surface area (Å²) in [6.45, 7) is 1.67. The summed E-state index contributed by atoms with van der Waals surface area (Å²) in [6.07, 6.45) is -0.692. The van der Waals surface area contributed by atoms with Crippen molar-refractivity contribution in [2.75, 3.05) is 5.32 Å². The van der Waals surface area contributed by atoms with E-state index in [4.69, 9.17) is 10.00 Å². The fraction of sp³-hybridized carbons (Fsp3) is 0.111. The lowest BCUT2D eigenvalue weighted by Crippen LogP contribution is -2.30. The van der Waals surface area contributed by atoms with E-state index >= 15 is 0 Å². The Balaban J connectivity index is 1.66. The average Bonchev–Trinajstić information content (AvgIpc) is 3.17. The molecule has 1 unspecified atom stereocenters. The minimum atomic E-state index is -0.692. The predicted octanol–water partition coefficient (Wildman–Crippen LogP) is 3.97. The highest BCUT2D eigenvalue weighted by Crippen LogP contribution is 2.34. The molecule has 0 aliphatic rings. The summed E-state index contributed by atoms with van der Waals surface area (Å²) < 4.78 is 6.44. The summed E-state index contributed by atoms with van der Waals surface area (Å²) in [5.41, 5.74) is 2.89. The van der Waals surface area contributed by atoms with E-state index in [-0.39, 0.29) is 5.91 Å². The highest BCUT2D eigenvalue weighted by Gasteiger charge is 2.17. The first-order valence-electron chi connectivity index (χ1n) is 7.66. The number of para-hydroxylation sites is 1. The molecule has 26 heavy (non-hydrogen) atoms. The van der Waals surface area contributed by atoms with Crippen LogP contribution in [0.4, 0.5) is 5.69 Å². The molecule has 0 aliphatic heterocycles. The number of rotatable bonds is 6. The molecule has 1 N–H and O–H groups in total. The maximum atomic E-state index is 12.5. The van der Waals surface area contributed by atoms with Gasteiger partial charge in [-0.1, -0.05) is 35.2 Å². The summed E-state index contributed by atoms with van der Waals surface area (Å²) in [6, 6.07) is 16.2. The van der Waals surface area contributed by atoms with Crippen LogP contribution < -0.4 is 10.1 Å². The van der Waals surface area contributed by atoms with E-state index in [1.54, 1.807) is 36.7 Å². The van der Waals surface area contributed by atoms with Gasteiger partial charge in [-0.3, -0.25) is 4.79 Å². The number of anilines is 1. The molecule has 1 aromatic heterocycles. The zero-order chi connectivity index (χ0) is 18.4. The molecular weight excluding hydrogens is 368 g/mol. The third-order valence-electron chi connectivity index (χ3n) is 3.35. The van der Waals surface area contributed by atoms with Crippen LogP contribution in [0.5, 0.6) is 5.75 Å². The van der Waals surface area contributed by atoms with Crippen LogP contribution in [0.2, 0.25) is 0 Å².